The van der Waals surface area contributed by atoms with Crippen LogP contribution in [0.3, 0.4) is 0 Å². The van der Waals surface area contributed by atoms with Crippen molar-refractivity contribution in [2.75, 3.05) is 6.54 Å². The van der Waals surface area contributed by atoms with Crippen molar-refractivity contribution in [2.45, 2.75) is 25.4 Å². The predicted molar refractivity (Wildman–Crippen MR) is 94.4 cm³/mol. The van der Waals surface area contributed by atoms with Crippen LogP contribution in [0.1, 0.15) is 24.6 Å². The van der Waals surface area contributed by atoms with Crippen molar-refractivity contribution >= 4 is 5.91 Å². The number of rotatable bonds is 5. The summed E-state index contributed by atoms with van der Waals surface area (Å²) in [7, 11) is 0. The molecule has 27 heavy (non-hydrogen) atoms. The molecule has 8 heteroatoms. The van der Waals surface area contributed by atoms with Gasteiger partial charge in [-0.1, -0.05) is 0 Å². The minimum absolute atomic E-state index is 0.00661. The minimum atomic E-state index is -0.334. The third kappa shape index (κ3) is 3.94. The summed E-state index contributed by atoms with van der Waals surface area (Å²) in [4.78, 5) is 23.2. The Bertz CT molecular complexity index is 914. The number of benzene rings is 1. The molecule has 0 radical (unpaired) electrons. The smallest absolute Gasteiger partial charge is 0.244 e. The molecule has 1 aliphatic rings. The van der Waals surface area contributed by atoms with Crippen LogP contribution in [-0.4, -0.2) is 37.1 Å². The lowest BCUT2D eigenvalue weighted by molar-refractivity contribution is -0.133. The Hall–Kier alpha value is -3.29. The molecule has 3 aromatic rings. The zero-order valence-corrected chi connectivity index (χ0v) is 14.5. The number of hydrogen-bond donors (Lipinski definition) is 0. The molecule has 1 aromatic carbocycles. The highest BCUT2D eigenvalue weighted by Crippen LogP contribution is 2.32. The van der Waals surface area contributed by atoms with Gasteiger partial charge in [0, 0.05) is 18.9 Å². The molecule has 0 spiro atoms. The van der Waals surface area contributed by atoms with Crippen LogP contribution in [0.25, 0.3) is 0 Å². The van der Waals surface area contributed by atoms with Gasteiger partial charge in [0.05, 0.1) is 24.1 Å². The number of halogens is 1. The Labute approximate surface area is 155 Å². The molecular weight excluding hydrogens is 349 g/mol. The van der Waals surface area contributed by atoms with Gasteiger partial charge in [-0.2, -0.15) is 5.10 Å². The fourth-order valence-electron chi connectivity index (χ4n) is 3.19. The van der Waals surface area contributed by atoms with Crippen LogP contribution >= 0.6 is 0 Å². The van der Waals surface area contributed by atoms with Crippen molar-refractivity contribution in [3.05, 3.63) is 66.6 Å². The number of amides is 1. The highest BCUT2D eigenvalue weighted by atomic mass is 19.1. The van der Waals surface area contributed by atoms with Crippen molar-refractivity contribution in [3.8, 4) is 11.6 Å². The predicted octanol–water partition coefficient (Wildman–Crippen LogP) is 2.97. The van der Waals surface area contributed by atoms with Gasteiger partial charge in [0.2, 0.25) is 11.8 Å². The summed E-state index contributed by atoms with van der Waals surface area (Å²) in [5.74, 6) is 0.443. The minimum Gasteiger partial charge on any atom is -0.437 e. The molecule has 1 saturated heterocycles. The van der Waals surface area contributed by atoms with Crippen molar-refractivity contribution in [2.24, 2.45) is 0 Å². The van der Waals surface area contributed by atoms with Crippen LogP contribution in [0.15, 0.2) is 55.1 Å². The van der Waals surface area contributed by atoms with E-state index in [0.29, 0.717) is 23.9 Å². The van der Waals surface area contributed by atoms with E-state index in [0.717, 1.165) is 12.8 Å². The molecule has 3 heterocycles. The van der Waals surface area contributed by atoms with Crippen molar-refractivity contribution in [1.82, 2.24) is 24.6 Å². The van der Waals surface area contributed by atoms with E-state index in [2.05, 4.69) is 15.1 Å². The molecule has 0 saturated carbocycles. The fraction of sp³-hybridized carbons (Fsp3) is 0.263. The summed E-state index contributed by atoms with van der Waals surface area (Å²) in [6, 6.07) is 7.34. The molecule has 2 aromatic heterocycles. The highest BCUT2D eigenvalue weighted by Gasteiger charge is 2.31. The zero-order chi connectivity index (χ0) is 18.6. The maximum absolute atomic E-state index is 13.0. The topological polar surface area (TPSA) is 73.1 Å². The summed E-state index contributed by atoms with van der Waals surface area (Å²) in [6.45, 7) is 0.873. The maximum Gasteiger partial charge on any atom is 0.244 e. The monoisotopic (exact) mass is 367 g/mol. The fourth-order valence-corrected chi connectivity index (χ4v) is 3.19. The zero-order valence-electron chi connectivity index (χ0n) is 14.5. The van der Waals surface area contributed by atoms with Crippen LogP contribution in [0.2, 0.25) is 0 Å². The van der Waals surface area contributed by atoms with E-state index < -0.39 is 0 Å². The molecule has 0 bridgehead atoms. The molecule has 7 nitrogen and oxygen atoms in total. The average Bonchev–Trinajstić information content (AvgIpc) is 3.35. The highest BCUT2D eigenvalue weighted by molar-refractivity contribution is 5.76. The molecular formula is C19H18FN5O2. The standard InChI is InChI=1S/C19H18FN5O2/c20-14-4-6-15(7-5-14)27-18-12-21-11-16(23-18)17-3-1-10-25(17)19(26)13-24-9-2-8-22-24/h2,4-9,11-12,17H,1,3,10,13H2/t17-/m0/s1. The normalized spacial score (nSPS) is 16.5. The van der Waals surface area contributed by atoms with E-state index in [4.69, 9.17) is 4.74 Å². The number of aromatic nitrogens is 4. The van der Waals surface area contributed by atoms with Gasteiger partial charge in [-0.15, -0.1) is 0 Å². The van der Waals surface area contributed by atoms with Crippen molar-refractivity contribution in [1.29, 1.82) is 0 Å². The maximum atomic E-state index is 13.0. The van der Waals surface area contributed by atoms with E-state index in [1.54, 1.807) is 29.3 Å². The summed E-state index contributed by atoms with van der Waals surface area (Å²) in [6.07, 6.45) is 8.29. The van der Waals surface area contributed by atoms with E-state index in [1.165, 1.54) is 30.5 Å². The molecule has 0 aliphatic carbocycles. The van der Waals surface area contributed by atoms with Crippen LogP contribution < -0.4 is 4.74 Å². The van der Waals surface area contributed by atoms with Gasteiger partial charge in [-0.3, -0.25) is 14.5 Å². The van der Waals surface area contributed by atoms with E-state index in [1.807, 2.05) is 4.90 Å². The first-order chi connectivity index (χ1) is 13.2. The Balaban J connectivity index is 1.50. The Morgan fingerprint density at radius 1 is 1.26 bits per heavy atom. The number of carbonyl (C=O) groups is 1. The first-order valence-corrected chi connectivity index (χ1v) is 8.71. The lowest BCUT2D eigenvalue weighted by atomic mass is 10.1. The average molecular weight is 367 g/mol. The van der Waals surface area contributed by atoms with Gasteiger partial charge in [-0.25, -0.2) is 9.37 Å². The summed E-state index contributed by atoms with van der Waals surface area (Å²) >= 11 is 0. The van der Waals surface area contributed by atoms with Gasteiger partial charge >= 0.3 is 0 Å². The third-order valence-electron chi connectivity index (χ3n) is 4.44. The van der Waals surface area contributed by atoms with Gasteiger partial charge in [0.25, 0.3) is 0 Å². The van der Waals surface area contributed by atoms with E-state index in [-0.39, 0.29) is 24.3 Å². The van der Waals surface area contributed by atoms with Gasteiger partial charge in [0.15, 0.2) is 0 Å². The van der Waals surface area contributed by atoms with Gasteiger partial charge < -0.3 is 9.64 Å². The molecule has 0 unspecified atom stereocenters. The van der Waals surface area contributed by atoms with Gasteiger partial charge in [-0.05, 0) is 43.2 Å². The molecule has 1 fully saturated rings. The number of hydrogen-bond acceptors (Lipinski definition) is 5. The van der Waals surface area contributed by atoms with Crippen molar-refractivity contribution < 1.29 is 13.9 Å². The Morgan fingerprint density at radius 2 is 2.11 bits per heavy atom. The largest absolute Gasteiger partial charge is 0.437 e. The Morgan fingerprint density at radius 3 is 2.89 bits per heavy atom. The van der Waals surface area contributed by atoms with Crippen LogP contribution in [0.5, 0.6) is 11.6 Å². The molecule has 1 aliphatic heterocycles. The second kappa shape index (κ2) is 7.53. The molecule has 1 amide bonds. The van der Waals surface area contributed by atoms with Crippen LogP contribution in [0.4, 0.5) is 4.39 Å². The lowest BCUT2D eigenvalue weighted by Gasteiger charge is -2.24. The Kier molecular flexibility index (Phi) is 4.78. The number of likely N-dealkylation sites (tertiary alicyclic amines) is 1. The summed E-state index contributed by atoms with van der Waals surface area (Å²) in [5, 5.41) is 4.09. The number of nitrogens with zero attached hydrogens (tertiary/aromatic N) is 5. The lowest BCUT2D eigenvalue weighted by Crippen LogP contribution is -2.34. The SMILES string of the molecule is O=C(Cn1cccn1)N1CCC[C@H]1c1cncc(Oc2ccc(F)cc2)n1. The molecule has 138 valence electrons. The van der Waals surface area contributed by atoms with Crippen LogP contribution in [0, 0.1) is 5.82 Å². The van der Waals surface area contributed by atoms with Crippen LogP contribution in [-0.2, 0) is 11.3 Å². The quantitative estimate of drug-likeness (QED) is 0.693. The first kappa shape index (κ1) is 17.1. The summed E-state index contributed by atoms with van der Waals surface area (Å²) < 4.78 is 20.3. The van der Waals surface area contributed by atoms with Crippen molar-refractivity contribution in [3.63, 3.8) is 0 Å². The molecule has 1 atom stereocenters. The number of ether oxygens (including phenoxy) is 1. The molecule has 0 N–H and O–H groups in total. The van der Waals surface area contributed by atoms with Gasteiger partial charge in [0.1, 0.15) is 18.1 Å². The second-order valence-electron chi connectivity index (χ2n) is 6.29. The summed E-state index contributed by atoms with van der Waals surface area (Å²) in [5.41, 5.74) is 0.681. The second-order valence-corrected chi connectivity index (χ2v) is 6.29. The third-order valence-corrected chi connectivity index (χ3v) is 4.44. The number of carbonyl (C=O) groups excluding carboxylic acids is 1. The first-order valence-electron chi connectivity index (χ1n) is 8.71. The van der Waals surface area contributed by atoms with E-state index in [9.17, 15) is 9.18 Å². The molecule has 4 rings (SSSR count). The van der Waals surface area contributed by atoms with E-state index >= 15 is 0 Å².